The highest BCUT2D eigenvalue weighted by atomic mass is 16.5. The molecule has 0 unspecified atom stereocenters. The number of rotatable bonds is 4. The first kappa shape index (κ1) is 11.4. The second-order valence-corrected chi connectivity index (χ2v) is 3.79. The number of hydrogen-bond acceptors (Lipinski definition) is 4. The van der Waals surface area contributed by atoms with E-state index in [1.807, 2.05) is 37.0 Å². The molecule has 0 spiro atoms. The van der Waals surface area contributed by atoms with Crippen molar-refractivity contribution in [2.24, 2.45) is 7.05 Å². The van der Waals surface area contributed by atoms with Gasteiger partial charge in [-0.3, -0.25) is 4.68 Å². The van der Waals surface area contributed by atoms with Crippen LogP contribution in [0.2, 0.25) is 0 Å². The van der Waals surface area contributed by atoms with Gasteiger partial charge in [0.1, 0.15) is 0 Å². The zero-order valence-corrected chi connectivity index (χ0v) is 10.3. The molecule has 0 amide bonds. The smallest absolute Gasteiger partial charge is 0.169 e. The van der Waals surface area contributed by atoms with Gasteiger partial charge in [0.05, 0.1) is 13.3 Å². The lowest BCUT2D eigenvalue weighted by atomic mass is 10.2. The number of nitrogens with one attached hydrogen (secondary N) is 1. The zero-order chi connectivity index (χ0) is 12.3. The third kappa shape index (κ3) is 2.38. The summed E-state index contributed by atoms with van der Waals surface area (Å²) in [6, 6.07) is 3.73. The van der Waals surface area contributed by atoms with E-state index in [1.54, 1.807) is 13.3 Å². The fourth-order valence-electron chi connectivity index (χ4n) is 1.58. The summed E-state index contributed by atoms with van der Waals surface area (Å²) in [5, 5.41) is 7.44. The van der Waals surface area contributed by atoms with Crippen LogP contribution in [0.3, 0.4) is 0 Å². The molecule has 0 atom stereocenters. The van der Waals surface area contributed by atoms with E-state index >= 15 is 0 Å². The molecule has 0 aromatic carbocycles. The van der Waals surface area contributed by atoms with Crippen LogP contribution in [0.4, 0.5) is 5.82 Å². The quantitative estimate of drug-likeness (QED) is 0.872. The van der Waals surface area contributed by atoms with Gasteiger partial charge < -0.3 is 10.1 Å². The van der Waals surface area contributed by atoms with Crippen molar-refractivity contribution in [2.45, 2.75) is 13.5 Å². The molecular formula is C12H16N4O. The fourth-order valence-corrected chi connectivity index (χ4v) is 1.58. The van der Waals surface area contributed by atoms with E-state index in [9.17, 15) is 0 Å². The summed E-state index contributed by atoms with van der Waals surface area (Å²) in [5.41, 5.74) is 2.30. The maximum absolute atomic E-state index is 5.22. The average molecular weight is 232 g/mol. The van der Waals surface area contributed by atoms with Gasteiger partial charge >= 0.3 is 0 Å². The molecular weight excluding hydrogens is 216 g/mol. The van der Waals surface area contributed by atoms with Crippen LogP contribution in [-0.2, 0) is 13.6 Å². The van der Waals surface area contributed by atoms with E-state index in [2.05, 4.69) is 15.4 Å². The molecule has 2 rings (SSSR count). The Balaban J connectivity index is 2.10. The van der Waals surface area contributed by atoms with Crippen molar-refractivity contribution in [3.63, 3.8) is 0 Å². The van der Waals surface area contributed by atoms with Gasteiger partial charge in [0.25, 0.3) is 0 Å². The molecule has 5 heteroatoms. The highest BCUT2D eigenvalue weighted by molar-refractivity contribution is 5.49. The Morgan fingerprint density at radius 2 is 2.29 bits per heavy atom. The Morgan fingerprint density at radius 3 is 2.94 bits per heavy atom. The molecule has 90 valence electrons. The largest absolute Gasteiger partial charge is 0.493 e. The summed E-state index contributed by atoms with van der Waals surface area (Å²) in [6.07, 6.45) is 3.60. The van der Waals surface area contributed by atoms with Crippen LogP contribution in [-0.4, -0.2) is 21.9 Å². The Bertz CT molecular complexity index is 507. The molecule has 0 aliphatic carbocycles. The predicted octanol–water partition coefficient (Wildman–Crippen LogP) is 1.74. The molecule has 0 bridgehead atoms. The average Bonchev–Trinajstić information content (AvgIpc) is 2.68. The van der Waals surface area contributed by atoms with E-state index in [-0.39, 0.29) is 0 Å². The molecule has 0 saturated carbocycles. The lowest BCUT2D eigenvalue weighted by Gasteiger charge is -2.09. The minimum atomic E-state index is 0.688. The number of hydrogen-bond donors (Lipinski definition) is 1. The molecule has 0 radical (unpaired) electrons. The monoisotopic (exact) mass is 232 g/mol. The maximum Gasteiger partial charge on any atom is 0.169 e. The van der Waals surface area contributed by atoms with Crippen molar-refractivity contribution in [3.8, 4) is 5.75 Å². The molecule has 17 heavy (non-hydrogen) atoms. The van der Waals surface area contributed by atoms with Gasteiger partial charge in [-0.05, 0) is 19.1 Å². The minimum absolute atomic E-state index is 0.688. The lowest BCUT2D eigenvalue weighted by Crippen LogP contribution is -2.04. The van der Waals surface area contributed by atoms with E-state index in [1.165, 1.54) is 0 Å². The third-order valence-corrected chi connectivity index (χ3v) is 2.77. The molecule has 5 nitrogen and oxygen atoms in total. The minimum Gasteiger partial charge on any atom is -0.493 e. The molecule has 0 fully saturated rings. The SMILES string of the molecule is COc1cccnc1NCc1cnn(C)c1C. The first-order chi connectivity index (χ1) is 8.22. The van der Waals surface area contributed by atoms with Gasteiger partial charge in [-0.1, -0.05) is 0 Å². The normalized spacial score (nSPS) is 10.3. The second kappa shape index (κ2) is 4.86. The Labute approximate surface area is 100 Å². The number of methoxy groups -OCH3 is 1. The van der Waals surface area contributed by atoms with Crippen LogP contribution >= 0.6 is 0 Å². The molecule has 0 aliphatic rings. The van der Waals surface area contributed by atoms with Gasteiger partial charge in [-0.25, -0.2) is 4.98 Å². The standard InChI is InChI=1S/C12H16N4O/c1-9-10(8-15-16(9)2)7-14-12-11(17-3)5-4-6-13-12/h4-6,8H,7H2,1-3H3,(H,13,14). The van der Waals surface area contributed by atoms with Crippen molar-refractivity contribution in [2.75, 3.05) is 12.4 Å². The predicted molar refractivity (Wildman–Crippen MR) is 66.1 cm³/mol. The molecule has 0 saturated heterocycles. The van der Waals surface area contributed by atoms with Crippen LogP contribution in [0.1, 0.15) is 11.3 Å². The van der Waals surface area contributed by atoms with Gasteiger partial charge in [-0.2, -0.15) is 5.10 Å². The first-order valence-corrected chi connectivity index (χ1v) is 5.42. The van der Waals surface area contributed by atoms with Crippen LogP contribution in [0, 0.1) is 6.92 Å². The van der Waals surface area contributed by atoms with Gasteiger partial charge in [0.15, 0.2) is 11.6 Å². The number of pyridine rings is 1. The van der Waals surface area contributed by atoms with Crippen LogP contribution in [0.15, 0.2) is 24.5 Å². The van der Waals surface area contributed by atoms with Crippen molar-refractivity contribution in [1.29, 1.82) is 0 Å². The van der Waals surface area contributed by atoms with Crippen molar-refractivity contribution >= 4 is 5.82 Å². The van der Waals surface area contributed by atoms with Gasteiger partial charge in [0, 0.05) is 31.0 Å². The van der Waals surface area contributed by atoms with Crippen LogP contribution < -0.4 is 10.1 Å². The van der Waals surface area contributed by atoms with E-state index in [0.29, 0.717) is 6.54 Å². The molecule has 2 aromatic heterocycles. The van der Waals surface area contributed by atoms with Gasteiger partial charge in [0.2, 0.25) is 0 Å². The topological polar surface area (TPSA) is 52.0 Å². The van der Waals surface area contributed by atoms with E-state index in [0.717, 1.165) is 22.8 Å². The Kier molecular flexibility index (Phi) is 3.27. The molecule has 1 N–H and O–H groups in total. The van der Waals surface area contributed by atoms with Crippen LogP contribution in [0.25, 0.3) is 0 Å². The number of aryl methyl sites for hydroxylation is 1. The highest BCUT2D eigenvalue weighted by Gasteiger charge is 2.06. The lowest BCUT2D eigenvalue weighted by molar-refractivity contribution is 0.415. The number of aromatic nitrogens is 3. The molecule has 2 aromatic rings. The Morgan fingerprint density at radius 1 is 1.47 bits per heavy atom. The number of ether oxygens (including phenoxy) is 1. The third-order valence-electron chi connectivity index (χ3n) is 2.77. The van der Waals surface area contributed by atoms with E-state index in [4.69, 9.17) is 4.74 Å². The zero-order valence-electron chi connectivity index (χ0n) is 10.3. The number of nitrogens with zero attached hydrogens (tertiary/aromatic N) is 3. The van der Waals surface area contributed by atoms with Crippen molar-refractivity contribution < 1.29 is 4.74 Å². The summed E-state index contributed by atoms with van der Waals surface area (Å²) in [7, 11) is 3.57. The molecule has 0 aliphatic heterocycles. The van der Waals surface area contributed by atoms with Crippen molar-refractivity contribution in [1.82, 2.24) is 14.8 Å². The summed E-state index contributed by atoms with van der Waals surface area (Å²) in [6.45, 7) is 2.73. The van der Waals surface area contributed by atoms with Gasteiger partial charge in [-0.15, -0.1) is 0 Å². The maximum atomic E-state index is 5.22. The van der Waals surface area contributed by atoms with Crippen molar-refractivity contribution in [3.05, 3.63) is 35.8 Å². The Hall–Kier alpha value is -2.04. The summed E-state index contributed by atoms with van der Waals surface area (Å²) >= 11 is 0. The highest BCUT2D eigenvalue weighted by Crippen LogP contribution is 2.20. The fraction of sp³-hybridized carbons (Fsp3) is 0.333. The number of anilines is 1. The summed E-state index contributed by atoms with van der Waals surface area (Å²) in [5.74, 6) is 1.49. The molecule has 2 heterocycles. The van der Waals surface area contributed by atoms with Crippen LogP contribution in [0.5, 0.6) is 5.75 Å². The summed E-state index contributed by atoms with van der Waals surface area (Å²) in [4.78, 5) is 4.24. The summed E-state index contributed by atoms with van der Waals surface area (Å²) < 4.78 is 7.08. The first-order valence-electron chi connectivity index (χ1n) is 5.42. The second-order valence-electron chi connectivity index (χ2n) is 3.79. The van der Waals surface area contributed by atoms with E-state index < -0.39 is 0 Å².